The van der Waals surface area contributed by atoms with Gasteiger partial charge in [0.15, 0.2) is 6.23 Å². The molecule has 1 aromatic heterocycles. The number of β-lactam (4-membered cyclic amide) rings is 1. The molecule has 2 heterocycles. The van der Waals surface area contributed by atoms with E-state index in [9.17, 15) is 24.0 Å². The Labute approximate surface area is 279 Å². The first kappa shape index (κ1) is 37.0. The van der Waals surface area contributed by atoms with Gasteiger partial charge >= 0.3 is 24.2 Å². The summed E-state index contributed by atoms with van der Waals surface area (Å²) in [5.41, 5.74) is 0.452. The van der Waals surface area contributed by atoms with Crippen LogP contribution in [0, 0.1) is 6.92 Å². The lowest BCUT2D eigenvalue weighted by Crippen LogP contribution is -2.61. The molecule has 2 unspecified atom stereocenters. The minimum Gasteiger partial charge on any atom is -0.478 e. The second-order valence-corrected chi connectivity index (χ2v) is 12.9. The minimum atomic E-state index is -1.04. The number of ether oxygens (including phenoxy) is 3. The molecule has 1 aliphatic rings. The molecule has 3 aromatic rings. The van der Waals surface area contributed by atoms with Crippen LogP contribution in [0.3, 0.4) is 0 Å². The average Bonchev–Trinajstić information content (AvgIpc) is 2.96. The summed E-state index contributed by atoms with van der Waals surface area (Å²) in [6.07, 6.45) is -0.735. The van der Waals surface area contributed by atoms with Crippen LogP contribution >= 0.6 is 0 Å². The van der Waals surface area contributed by atoms with E-state index in [2.05, 4.69) is 10.3 Å². The van der Waals surface area contributed by atoms with Gasteiger partial charge in [0, 0.05) is 6.20 Å². The monoisotopic (exact) mass is 662 g/mol. The molecule has 2 aromatic carbocycles. The van der Waals surface area contributed by atoms with Gasteiger partial charge in [-0.05, 0) is 103 Å². The Morgan fingerprint density at radius 3 is 1.96 bits per heavy atom. The van der Waals surface area contributed by atoms with Crippen LogP contribution in [-0.2, 0) is 14.3 Å². The maximum Gasteiger partial charge on any atom is 0.425 e. The molecule has 1 fully saturated rings. The Kier molecular flexibility index (Phi) is 11.9. The number of carbonyl (C=O) groups is 5. The predicted molar refractivity (Wildman–Crippen MR) is 177 cm³/mol. The van der Waals surface area contributed by atoms with E-state index in [1.807, 2.05) is 44.2 Å². The number of benzene rings is 2. The highest BCUT2D eigenvalue weighted by molar-refractivity contribution is 6.08. The van der Waals surface area contributed by atoms with Crippen molar-refractivity contribution in [3.63, 3.8) is 0 Å². The van der Waals surface area contributed by atoms with Crippen LogP contribution in [0.1, 0.15) is 82.4 Å². The molecular weight excluding hydrogens is 620 g/mol. The third-order valence-corrected chi connectivity index (χ3v) is 6.42. The van der Waals surface area contributed by atoms with Crippen molar-refractivity contribution in [2.45, 2.75) is 85.3 Å². The first-order valence-electron chi connectivity index (χ1n) is 15.2. The van der Waals surface area contributed by atoms with Gasteiger partial charge in [-0.3, -0.25) is 4.79 Å². The summed E-state index contributed by atoms with van der Waals surface area (Å²) in [6.45, 7) is 14.0. The highest BCUT2D eigenvalue weighted by Crippen LogP contribution is 2.25. The molecule has 13 nitrogen and oxygen atoms in total. The molecule has 13 heteroatoms. The molecule has 0 radical (unpaired) electrons. The van der Waals surface area contributed by atoms with Crippen LogP contribution in [0.4, 0.5) is 20.2 Å². The van der Waals surface area contributed by atoms with Gasteiger partial charge in [-0.25, -0.2) is 29.1 Å². The highest BCUT2D eigenvalue weighted by atomic mass is 16.6. The molecular formula is C35H42N4O9. The average molecular weight is 663 g/mol. The molecule has 5 amide bonds. The van der Waals surface area contributed by atoms with Crippen molar-refractivity contribution >= 4 is 35.9 Å². The molecule has 2 N–H and O–H groups in total. The number of urea groups is 1. The zero-order valence-corrected chi connectivity index (χ0v) is 28.3. The lowest BCUT2D eigenvalue weighted by Gasteiger charge is -2.38. The van der Waals surface area contributed by atoms with Crippen molar-refractivity contribution in [3.05, 3.63) is 89.6 Å². The number of nitrogens with zero attached hydrogens (tertiary/aromatic N) is 3. The van der Waals surface area contributed by atoms with Gasteiger partial charge in [0.1, 0.15) is 22.8 Å². The van der Waals surface area contributed by atoms with Crippen LogP contribution in [0.25, 0.3) is 0 Å². The zero-order chi connectivity index (χ0) is 35.8. The predicted octanol–water partition coefficient (Wildman–Crippen LogP) is 6.86. The fourth-order valence-electron chi connectivity index (χ4n) is 4.16. The van der Waals surface area contributed by atoms with Crippen LogP contribution in [0.5, 0.6) is 5.75 Å². The van der Waals surface area contributed by atoms with Gasteiger partial charge in [0.2, 0.25) is 5.91 Å². The quantitative estimate of drug-likeness (QED) is 0.266. The second kappa shape index (κ2) is 15.4. The Morgan fingerprint density at radius 1 is 0.917 bits per heavy atom. The highest BCUT2D eigenvalue weighted by Gasteiger charge is 2.43. The molecule has 48 heavy (non-hydrogen) atoms. The van der Waals surface area contributed by atoms with E-state index < -0.39 is 41.6 Å². The van der Waals surface area contributed by atoms with Crippen molar-refractivity contribution in [1.29, 1.82) is 0 Å². The van der Waals surface area contributed by atoms with Crippen molar-refractivity contribution in [1.82, 2.24) is 15.2 Å². The van der Waals surface area contributed by atoms with Gasteiger partial charge in [0.05, 0.1) is 18.0 Å². The van der Waals surface area contributed by atoms with Crippen molar-refractivity contribution in [2.24, 2.45) is 0 Å². The van der Waals surface area contributed by atoms with Gasteiger partial charge in [-0.15, -0.1) is 0 Å². The largest absolute Gasteiger partial charge is 0.478 e. The summed E-state index contributed by atoms with van der Waals surface area (Å²) >= 11 is 0. The van der Waals surface area contributed by atoms with E-state index in [-0.39, 0.29) is 29.8 Å². The number of anilines is 1. The molecule has 256 valence electrons. The van der Waals surface area contributed by atoms with Crippen LogP contribution < -0.4 is 15.0 Å². The van der Waals surface area contributed by atoms with Gasteiger partial charge in [-0.1, -0.05) is 30.3 Å². The van der Waals surface area contributed by atoms with E-state index in [1.165, 1.54) is 30.5 Å². The van der Waals surface area contributed by atoms with Gasteiger partial charge in [0.25, 0.3) is 0 Å². The Bertz CT molecular complexity index is 1590. The normalized spacial score (nSPS) is 14.7. The maximum atomic E-state index is 12.4. The Balaban J connectivity index is 0.000000265. The van der Waals surface area contributed by atoms with Crippen LogP contribution in [-0.4, -0.2) is 62.5 Å². The molecule has 4 rings (SSSR count). The molecule has 2 atom stereocenters. The first-order valence-corrected chi connectivity index (χ1v) is 15.2. The number of aromatic nitrogens is 1. The Hall–Kier alpha value is -5.46. The number of rotatable bonds is 6. The zero-order valence-electron chi connectivity index (χ0n) is 28.3. The molecule has 0 saturated carbocycles. The molecule has 1 saturated heterocycles. The minimum absolute atomic E-state index is 0.0911. The maximum absolute atomic E-state index is 12.4. The summed E-state index contributed by atoms with van der Waals surface area (Å²) in [5, 5.41) is 11.7. The first-order chi connectivity index (χ1) is 22.3. The SMILES string of the molecule is CC(NC(=O)N1C(=O)CC1Oc1ccc(C(=O)O)cc1)c1ccccc1.Cc1ccnc(N(C(=O)OC(C)(C)C)C(=O)OC(C)(C)C)c1. The third kappa shape index (κ3) is 10.8. The van der Waals surface area contributed by atoms with E-state index in [0.29, 0.717) is 5.75 Å². The number of carboxylic acid groups (broad SMARTS) is 1. The van der Waals surface area contributed by atoms with E-state index in [1.54, 1.807) is 53.7 Å². The van der Waals surface area contributed by atoms with Gasteiger partial charge in [-0.2, -0.15) is 4.90 Å². The smallest absolute Gasteiger partial charge is 0.425 e. The fourth-order valence-corrected chi connectivity index (χ4v) is 4.16. The second-order valence-electron chi connectivity index (χ2n) is 12.9. The van der Waals surface area contributed by atoms with E-state index in [0.717, 1.165) is 20.9 Å². The third-order valence-electron chi connectivity index (χ3n) is 6.42. The number of imide groups is 2. The summed E-state index contributed by atoms with van der Waals surface area (Å²) in [5.74, 6) is -0.800. The van der Waals surface area contributed by atoms with E-state index >= 15 is 0 Å². The number of amides is 5. The van der Waals surface area contributed by atoms with Crippen molar-refractivity contribution < 1.29 is 43.3 Å². The molecule has 0 aliphatic carbocycles. The van der Waals surface area contributed by atoms with Crippen LogP contribution in [0.15, 0.2) is 72.9 Å². The lowest BCUT2D eigenvalue weighted by atomic mass is 10.1. The number of likely N-dealkylation sites (tertiary alicyclic amines) is 1. The van der Waals surface area contributed by atoms with Crippen LogP contribution in [0.2, 0.25) is 0 Å². The van der Waals surface area contributed by atoms with Crippen molar-refractivity contribution in [3.8, 4) is 5.75 Å². The number of hydrogen-bond acceptors (Lipinski definition) is 9. The number of carbonyl (C=O) groups excluding carboxylic acids is 4. The summed E-state index contributed by atoms with van der Waals surface area (Å²) in [7, 11) is 0. The number of pyridine rings is 1. The fraction of sp³-hybridized carbons (Fsp3) is 0.371. The lowest BCUT2D eigenvalue weighted by molar-refractivity contribution is -0.152. The summed E-state index contributed by atoms with van der Waals surface area (Å²) in [4.78, 5) is 65.7. The number of nitrogens with one attached hydrogen (secondary N) is 1. The van der Waals surface area contributed by atoms with E-state index in [4.69, 9.17) is 19.3 Å². The molecule has 1 aliphatic heterocycles. The van der Waals surface area contributed by atoms with Gasteiger partial charge < -0.3 is 24.6 Å². The standard InChI is InChI=1S/C19H18N2O5.C16H24N2O4/c1-12(13-5-3-2-4-6-13)20-19(25)21-16(22)11-17(21)26-15-9-7-14(8-10-15)18(23)24;1-11-8-9-17-12(10-11)18(13(19)21-15(2,3)4)14(20)22-16(5,6)7/h2-10,12,17H,11H2,1H3,(H,20,25)(H,23,24);8-10H,1-7H3. The number of hydrogen-bond donors (Lipinski definition) is 2. The Morgan fingerprint density at radius 2 is 1.48 bits per heavy atom. The number of carboxylic acids is 1. The summed E-state index contributed by atoms with van der Waals surface area (Å²) < 4.78 is 16.2. The number of aryl methyl sites for hydroxylation is 1. The van der Waals surface area contributed by atoms with Crippen molar-refractivity contribution in [2.75, 3.05) is 4.90 Å². The molecule has 0 bridgehead atoms. The number of aromatic carboxylic acids is 1. The topological polar surface area (TPSA) is 165 Å². The molecule has 0 spiro atoms. The summed E-state index contributed by atoms with van der Waals surface area (Å²) in [6, 6.07) is 17.8.